The van der Waals surface area contributed by atoms with Crippen LogP contribution in [0.1, 0.15) is 37.0 Å². The van der Waals surface area contributed by atoms with E-state index in [1.807, 2.05) is 34.6 Å². The fraction of sp³-hybridized carbons (Fsp3) is 0.533. The average Bonchev–Trinajstić information content (AvgIpc) is 2.70. The number of fused-ring (bicyclic) bond motifs is 1. The molecule has 2 N–H and O–H groups in total. The van der Waals surface area contributed by atoms with Crippen LogP contribution in [-0.2, 0) is 10.5 Å². The second-order valence-electron chi connectivity index (χ2n) is 5.59. The summed E-state index contributed by atoms with van der Waals surface area (Å²) >= 11 is 3.00. The largest absolute Gasteiger partial charge is 0.353 e. The van der Waals surface area contributed by atoms with Gasteiger partial charge in [-0.15, -0.1) is 23.1 Å². The molecule has 0 bridgehead atoms. The summed E-state index contributed by atoms with van der Waals surface area (Å²) in [5.74, 6) is 1.13. The van der Waals surface area contributed by atoms with E-state index in [0.717, 1.165) is 15.3 Å². The zero-order chi connectivity index (χ0) is 16.4. The molecule has 1 atom stereocenters. The van der Waals surface area contributed by atoms with Crippen molar-refractivity contribution in [2.45, 2.75) is 51.7 Å². The Labute approximate surface area is 137 Å². The van der Waals surface area contributed by atoms with Gasteiger partial charge in [-0.3, -0.25) is 9.59 Å². The molecule has 0 aliphatic heterocycles. The van der Waals surface area contributed by atoms with E-state index in [-0.39, 0.29) is 22.8 Å². The molecule has 0 radical (unpaired) electrons. The Morgan fingerprint density at radius 3 is 2.68 bits per heavy atom. The lowest BCUT2D eigenvalue weighted by molar-refractivity contribution is -0.120. The Balaban J connectivity index is 2.13. The van der Waals surface area contributed by atoms with Crippen LogP contribution in [-0.4, -0.2) is 27.2 Å². The molecule has 120 valence electrons. The van der Waals surface area contributed by atoms with E-state index in [1.165, 1.54) is 23.1 Å². The molecule has 7 heteroatoms. The average molecular weight is 339 g/mol. The van der Waals surface area contributed by atoms with Gasteiger partial charge in [0.1, 0.15) is 10.7 Å². The number of amides is 1. The molecule has 0 aliphatic carbocycles. The summed E-state index contributed by atoms with van der Waals surface area (Å²) in [5.41, 5.74) is 0.902. The molecule has 0 saturated carbocycles. The van der Waals surface area contributed by atoms with E-state index < -0.39 is 0 Å². The summed E-state index contributed by atoms with van der Waals surface area (Å²) in [6.45, 7) is 9.66. The monoisotopic (exact) mass is 339 g/mol. The van der Waals surface area contributed by atoms with Crippen molar-refractivity contribution in [3.8, 4) is 0 Å². The van der Waals surface area contributed by atoms with E-state index in [1.54, 1.807) is 0 Å². The van der Waals surface area contributed by atoms with Crippen LogP contribution in [0, 0.1) is 13.8 Å². The molecule has 0 spiro atoms. The van der Waals surface area contributed by atoms with Gasteiger partial charge >= 0.3 is 0 Å². The Morgan fingerprint density at radius 2 is 2.05 bits per heavy atom. The van der Waals surface area contributed by atoms with Crippen molar-refractivity contribution in [3.63, 3.8) is 0 Å². The standard InChI is InChI=1S/C15H21N3O2S2/c1-7(2)16-13(19)10(5)21-6-11-17-14(20)12-8(3)9(4)22-15(12)18-11/h7,10H,6H2,1-5H3,(H,16,19)(H,17,18,20)/t10-/m0/s1. The number of nitrogens with one attached hydrogen (secondary N) is 2. The summed E-state index contributed by atoms with van der Waals surface area (Å²) < 4.78 is 0. The predicted octanol–water partition coefficient (Wildman–Crippen LogP) is 2.75. The van der Waals surface area contributed by atoms with E-state index in [0.29, 0.717) is 17.0 Å². The molecule has 0 aromatic carbocycles. The van der Waals surface area contributed by atoms with Gasteiger partial charge in [-0.05, 0) is 40.2 Å². The summed E-state index contributed by atoms with van der Waals surface area (Å²) in [5, 5.41) is 3.38. The second kappa shape index (κ2) is 6.83. The number of aromatic nitrogens is 2. The lowest BCUT2D eigenvalue weighted by Gasteiger charge is -2.13. The van der Waals surface area contributed by atoms with Crippen LogP contribution in [0.4, 0.5) is 0 Å². The summed E-state index contributed by atoms with van der Waals surface area (Å²) in [4.78, 5) is 33.3. The fourth-order valence-corrected chi connectivity index (χ4v) is 3.86. The van der Waals surface area contributed by atoms with Crippen LogP contribution < -0.4 is 10.9 Å². The van der Waals surface area contributed by atoms with E-state index in [2.05, 4.69) is 15.3 Å². The van der Waals surface area contributed by atoms with E-state index >= 15 is 0 Å². The van der Waals surface area contributed by atoms with Crippen molar-refractivity contribution in [1.29, 1.82) is 0 Å². The highest BCUT2D eigenvalue weighted by molar-refractivity contribution is 7.99. The lowest BCUT2D eigenvalue weighted by Crippen LogP contribution is -2.36. The van der Waals surface area contributed by atoms with Crippen LogP contribution in [0.15, 0.2) is 4.79 Å². The Kier molecular flexibility index (Phi) is 5.28. The van der Waals surface area contributed by atoms with Crippen molar-refractivity contribution < 1.29 is 4.79 Å². The molecule has 2 heterocycles. The maximum atomic E-state index is 12.2. The molecule has 0 aliphatic rings. The molecular formula is C15H21N3O2S2. The number of carbonyl (C=O) groups is 1. The van der Waals surface area contributed by atoms with Gasteiger partial charge in [-0.25, -0.2) is 4.98 Å². The zero-order valence-corrected chi connectivity index (χ0v) is 15.1. The number of nitrogens with zero attached hydrogens (tertiary/aromatic N) is 1. The summed E-state index contributed by atoms with van der Waals surface area (Å²) in [6.07, 6.45) is 0. The van der Waals surface area contributed by atoms with Crippen molar-refractivity contribution in [2.75, 3.05) is 0 Å². The molecular weight excluding hydrogens is 318 g/mol. The minimum Gasteiger partial charge on any atom is -0.353 e. The number of carbonyl (C=O) groups excluding carboxylic acids is 1. The van der Waals surface area contributed by atoms with Crippen LogP contribution in [0.3, 0.4) is 0 Å². The number of aryl methyl sites for hydroxylation is 2. The molecule has 2 aromatic rings. The first-order chi connectivity index (χ1) is 10.3. The van der Waals surface area contributed by atoms with Crippen LogP contribution in [0.25, 0.3) is 10.2 Å². The highest BCUT2D eigenvalue weighted by Gasteiger charge is 2.16. The van der Waals surface area contributed by atoms with Crippen LogP contribution in [0.5, 0.6) is 0 Å². The van der Waals surface area contributed by atoms with Crippen molar-refractivity contribution >= 4 is 39.2 Å². The molecule has 2 rings (SSSR count). The van der Waals surface area contributed by atoms with Gasteiger partial charge in [-0.1, -0.05) is 0 Å². The quantitative estimate of drug-likeness (QED) is 0.878. The minimum absolute atomic E-state index is 0.00578. The van der Waals surface area contributed by atoms with Crippen LogP contribution in [0.2, 0.25) is 0 Å². The van der Waals surface area contributed by atoms with Crippen molar-refractivity contribution in [3.05, 3.63) is 26.6 Å². The third-order valence-electron chi connectivity index (χ3n) is 3.36. The highest BCUT2D eigenvalue weighted by Crippen LogP contribution is 2.26. The number of hydrogen-bond acceptors (Lipinski definition) is 5. The zero-order valence-electron chi connectivity index (χ0n) is 13.4. The SMILES string of the molecule is Cc1sc2nc(CS[C@@H](C)C(=O)NC(C)C)[nH]c(=O)c2c1C. The molecule has 1 amide bonds. The summed E-state index contributed by atoms with van der Waals surface area (Å²) in [7, 11) is 0. The number of thioether (sulfide) groups is 1. The van der Waals surface area contributed by atoms with Gasteiger partial charge in [0, 0.05) is 10.9 Å². The van der Waals surface area contributed by atoms with Gasteiger partial charge in [0.2, 0.25) is 5.91 Å². The van der Waals surface area contributed by atoms with Gasteiger partial charge < -0.3 is 10.3 Å². The molecule has 0 fully saturated rings. The number of H-pyrrole nitrogens is 1. The Bertz CT molecular complexity index is 749. The lowest BCUT2D eigenvalue weighted by atomic mass is 10.2. The minimum atomic E-state index is -0.185. The first kappa shape index (κ1) is 17.0. The second-order valence-corrected chi connectivity index (χ2v) is 8.12. The molecule has 0 unspecified atom stereocenters. The maximum Gasteiger partial charge on any atom is 0.259 e. The Morgan fingerprint density at radius 1 is 1.36 bits per heavy atom. The van der Waals surface area contributed by atoms with Gasteiger partial charge in [0.15, 0.2) is 0 Å². The van der Waals surface area contributed by atoms with E-state index in [9.17, 15) is 9.59 Å². The molecule has 0 saturated heterocycles. The smallest absolute Gasteiger partial charge is 0.259 e. The van der Waals surface area contributed by atoms with Crippen molar-refractivity contribution in [2.24, 2.45) is 0 Å². The third-order valence-corrected chi connectivity index (χ3v) is 5.61. The number of hydrogen-bond donors (Lipinski definition) is 2. The predicted molar refractivity (Wildman–Crippen MR) is 93.8 cm³/mol. The molecule has 5 nitrogen and oxygen atoms in total. The Hall–Kier alpha value is -1.34. The van der Waals surface area contributed by atoms with Crippen LogP contribution >= 0.6 is 23.1 Å². The van der Waals surface area contributed by atoms with Crippen molar-refractivity contribution in [1.82, 2.24) is 15.3 Å². The fourth-order valence-electron chi connectivity index (χ4n) is 2.05. The maximum absolute atomic E-state index is 12.2. The third kappa shape index (κ3) is 3.70. The molecule has 2 aromatic heterocycles. The van der Waals surface area contributed by atoms with E-state index in [4.69, 9.17) is 0 Å². The first-order valence-electron chi connectivity index (χ1n) is 7.20. The van der Waals surface area contributed by atoms with Gasteiger partial charge in [0.05, 0.1) is 16.4 Å². The summed E-state index contributed by atoms with van der Waals surface area (Å²) in [6, 6.07) is 0.127. The molecule has 22 heavy (non-hydrogen) atoms. The number of thiophene rings is 1. The normalized spacial score (nSPS) is 12.8. The number of rotatable bonds is 5. The van der Waals surface area contributed by atoms with Gasteiger partial charge in [-0.2, -0.15) is 0 Å². The topological polar surface area (TPSA) is 74.8 Å². The number of aromatic amines is 1. The van der Waals surface area contributed by atoms with Gasteiger partial charge in [0.25, 0.3) is 5.56 Å². The highest BCUT2D eigenvalue weighted by atomic mass is 32.2. The first-order valence-corrected chi connectivity index (χ1v) is 9.07.